The number of rotatable bonds is 3. The van der Waals surface area contributed by atoms with E-state index < -0.39 is 0 Å². The number of carbonyl (C=O) groups is 1. The topological polar surface area (TPSA) is 20.3 Å². The molecule has 0 amide bonds. The van der Waals surface area contributed by atoms with Crippen molar-refractivity contribution in [2.45, 2.75) is 39.0 Å². The molecular weight excluding hydrogens is 174 g/mol. The molecule has 2 heteroatoms. The number of ketones is 1. The second-order valence-electron chi connectivity index (χ2n) is 5.05. The van der Waals surface area contributed by atoms with E-state index >= 15 is 0 Å². The van der Waals surface area contributed by atoms with Gasteiger partial charge in [-0.25, -0.2) is 0 Å². The molecule has 2 nitrogen and oxygen atoms in total. The van der Waals surface area contributed by atoms with Gasteiger partial charge < -0.3 is 0 Å². The predicted molar refractivity (Wildman–Crippen MR) is 57.2 cm³/mol. The van der Waals surface area contributed by atoms with E-state index in [1.807, 2.05) is 0 Å². The molecule has 1 atom stereocenters. The van der Waals surface area contributed by atoms with Gasteiger partial charge in [0.25, 0.3) is 0 Å². The van der Waals surface area contributed by atoms with E-state index in [0.29, 0.717) is 11.7 Å². The zero-order chi connectivity index (χ0) is 9.97. The molecule has 2 fully saturated rings. The fourth-order valence-corrected chi connectivity index (χ4v) is 2.24. The number of likely N-dealkylation sites (tertiary alicyclic amines) is 1. The van der Waals surface area contributed by atoms with Crippen LogP contribution in [0.4, 0.5) is 0 Å². The van der Waals surface area contributed by atoms with Gasteiger partial charge in [0, 0.05) is 5.92 Å². The van der Waals surface area contributed by atoms with Gasteiger partial charge >= 0.3 is 0 Å². The van der Waals surface area contributed by atoms with Crippen molar-refractivity contribution in [3.63, 3.8) is 0 Å². The molecule has 0 aromatic carbocycles. The van der Waals surface area contributed by atoms with Crippen LogP contribution in [-0.4, -0.2) is 30.3 Å². The highest BCUT2D eigenvalue weighted by atomic mass is 16.1. The van der Waals surface area contributed by atoms with Gasteiger partial charge in [-0.1, -0.05) is 6.92 Å². The number of nitrogens with zero attached hydrogens (tertiary/aromatic N) is 1. The number of Topliss-reactive ketones (excluding diaryl/α,β-unsaturated/α-hetero) is 1. The van der Waals surface area contributed by atoms with E-state index in [0.717, 1.165) is 38.4 Å². The molecular formula is C12H21NO. The van der Waals surface area contributed by atoms with Crippen LogP contribution in [0.25, 0.3) is 0 Å². The summed E-state index contributed by atoms with van der Waals surface area (Å²) in [4.78, 5) is 14.0. The van der Waals surface area contributed by atoms with Crippen molar-refractivity contribution in [2.24, 2.45) is 11.8 Å². The molecule has 1 aliphatic heterocycles. The minimum atomic E-state index is 0.440. The molecule has 1 saturated carbocycles. The normalized spacial score (nSPS) is 29.9. The summed E-state index contributed by atoms with van der Waals surface area (Å²) in [6.45, 7) is 5.34. The lowest BCUT2D eigenvalue weighted by molar-refractivity contribution is -0.121. The SMILES string of the molecule is CC1CCCN(CC(=O)C2CC2)CC1. The molecule has 0 bridgehead atoms. The highest BCUT2D eigenvalue weighted by Crippen LogP contribution is 2.30. The lowest BCUT2D eigenvalue weighted by Crippen LogP contribution is -2.31. The summed E-state index contributed by atoms with van der Waals surface area (Å²) in [5.74, 6) is 1.80. The maximum absolute atomic E-state index is 11.6. The molecule has 0 spiro atoms. The summed E-state index contributed by atoms with van der Waals surface area (Å²) in [7, 11) is 0. The third kappa shape index (κ3) is 2.81. The van der Waals surface area contributed by atoms with Crippen LogP contribution in [-0.2, 0) is 4.79 Å². The molecule has 0 radical (unpaired) electrons. The van der Waals surface area contributed by atoms with Crippen LogP contribution in [0, 0.1) is 11.8 Å². The van der Waals surface area contributed by atoms with Crippen molar-refractivity contribution < 1.29 is 4.79 Å². The average molecular weight is 195 g/mol. The van der Waals surface area contributed by atoms with Crippen molar-refractivity contribution in [1.82, 2.24) is 4.90 Å². The van der Waals surface area contributed by atoms with Crippen molar-refractivity contribution in [1.29, 1.82) is 0 Å². The standard InChI is InChI=1S/C12H21NO/c1-10-3-2-7-13(8-6-10)9-12(14)11-4-5-11/h10-11H,2-9H2,1H3. The fourth-order valence-electron chi connectivity index (χ4n) is 2.24. The van der Waals surface area contributed by atoms with Gasteiger partial charge in [-0.15, -0.1) is 0 Å². The van der Waals surface area contributed by atoms with Crippen LogP contribution in [0.2, 0.25) is 0 Å². The van der Waals surface area contributed by atoms with E-state index in [4.69, 9.17) is 0 Å². The zero-order valence-electron chi connectivity index (χ0n) is 9.17. The Balaban J connectivity index is 1.76. The first-order chi connectivity index (χ1) is 6.75. The minimum absolute atomic E-state index is 0.440. The van der Waals surface area contributed by atoms with Crippen molar-refractivity contribution >= 4 is 5.78 Å². The summed E-state index contributed by atoms with van der Waals surface area (Å²) in [5, 5.41) is 0. The first-order valence-corrected chi connectivity index (χ1v) is 6.01. The Labute approximate surface area is 86.7 Å². The Kier molecular flexibility index (Phi) is 3.22. The van der Waals surface area contributed by atoms with E-state index in [-0.39, 0.29) is 0 Å². The van der Waals surface area contributed by atoms with Gasteiger partial charge in [0.15, 0.2) is 0 Å². The fraction of sp³-hybridized carbons (Fsp3) is 0.917. The predicted octanol–water partition coefficient (Wildman–Crippen LogP) is 2.09. The van der Waals surface area contributed by atoms with Gasteiger partial charge in [0.05, 0.1) is 6.54 Å². The highest BCUT2D eigenvalue weighted by Gasteiger charge is 2.30. The highest BCUT2D eigenvalue weighted by molar-refractivity contribution is 5.84. The maximum Gasteiger partial charge on any atom is 0.149 e. The average Bonchev–Trinajstić information content (AvgIpc) is 2.94. The van der Waals surface area contributed by atoms with Gasteiger partial charge in [-0.05, 0) is 51.1 Å². The summed E-state index contributed by atoms with van der Waals surface area (Å²) in [6, 6.07) is 0. The van der Waals surface area contributed by atoms with Crippen LogP contribution in [0.3, 0.4) is 0 Å². The van der Waals surface area contributed by atoms with Crippen molar-refractivity contribution in [2.75, 3.05) is 19.6 Å². The summed E-state index contributed by atoms with van der Waals surface area (Å²) >= 11 is 0. The molecule has 1 saturated heterocycles. The lowest BCUT2D eigenvalue weighted by Gasteiger charge is -2.18. The van der Waals surface area contributed by atoms with Crippen LogP contribution in [0.5, 0.6) is 0 Å². The van der Waals surface area contributed by atoms with Gasteiger partial charge in [-0.2, -0.15) is 0 Å². The first-order valence-electron chi connectivity index (χ1n) is 6.01. The van der Waals surface area contributed by atoms with Crippen LogP contribution < -0.4 is 0 Å². The quantitative estimate of drug-likeness (QED) is 0.687. The van der Waals surface area contributed by atoms with E-state index in [1.165, 1.54) is 19.3 Å². The molecule has 1 heterocycles. The molecule has 0 aromatic heterocycles. The van der Waals surface area contributed by atoms with Gasteiger partial charge in [0.2, 0.25) is 0 Å². The molecule has 0 N–H and O–H groups in total. The summed E-state index contributed by atoms with van der Waals surface area (Å²) in [6.07, 6.45) is 6.21. The monoisotopic (exact) mass is 195 g/mol. The number of hydrogen-bond acceptors (Lipinski definition) is 2. The maximum atomic E-state index is 11.6. The zero-order valence-corrected chi connectivity index (χ0v) is 9.17. The Morgan fingerprint density at radius 3 is 2.71 bits per heavy atom. The second kappa shape index (κ2) is 4.43. The van der Waals surface area contributed by atoms with Gasteiger partial charge in [0.1, 0.15) is 5.78 Å². The Morgan fingerprint density at radius 1 is 1.21 bits per heavy atom. The number of carbonyl (C=O) groups excluding carboxylic acids is 1. The summed E-state index contributed by atoms with van der Waals surface area (Å²) in [5.41, 5.74) is 0. The van der Waals surface area contributed by atoms with Crippen LogP contribution in [0.1, 0.15) is 39.0 Å². The van der Waals surface area contributed by atoms with Crippen LogP contribution >= 0.6 is 0 Å². The molecule has 80 valence electrons. The molecule has 2 rings (SSSR count). The summed E-state index contributed by atoms with van der Waals surface area (Å²) < 4.78 is 0. The lowest BCUT2D eigenvalue weighted by atomic mass is 10.0. The van der Waals surface area contributed by atoms with E-state index in [9.17, 15) is 4.79 Å². The Hall–Kier alpha value is -0.370. The third-order valence-corrected chi connectivity index (χ3v) is 3.52. The molecule has 1 aliphatic carbocycles. The van der Waals surface area contributed by atoms with E-state index in [1.54, 1.807) is 0 Å². The molecule has 0 aromatic rings. The molecule has 2 aliphatic rings. The van der Waals surface area contributed by atoms with Gasteiger partial charge in [-0.3, -0.25) is 9.69 Å². The van der Waals surface area contributed by atoms with Crippen LogP contribution in [0.15, 0.2) is 0 Å². The molecule has 1 unspecified atom stereocenters. The van der Waals surface area contributed by atoms with E-state index in [2.05, 4.69) is 11.8 Å². The first kappa shape index (κ1) is 10.2. The second-order valence-corrected chi connectivity index (χ2v) is 5.05. The minimum Gasteiger partial charge on any atom is -0.298 e. The largest absolute Gasteiger partial charge is 0.298 e. The van der Waals surface area contributed by atoms with Crippen molar-refractivity contribution in [3.05, 3.63) is 0 Å². The van der Waals surface area contributed by atoms with Crippen molar-refractivity contribution in [3.8, 4) is 0 Å². The number of hydrogen-bond donors (Lipinski definition) is 0. The third-order valence-electron chi connectivity index (χ3n) is 3.52. The Morgan fingerprint density at radius 2 is 2.00 bits per heavy atom. The smallest absolute Gasteiger partial charge is 0.149 e. The molecule has 14 heavy (non-hydrogen) atoms. The Bertz CT molecular complexity index is 210.